The van der Waals surface area contributed by atoms with Crippen molar-refractivity contribution >= 4 is 27.5 Å². The number of anilines is 1. The van der Waals surface area contributed by atoms with Gasteiger partial charge < -0.3 is 10.2 Å². The van der Waals surface area contributed by atoms with Crippen LogP contribution in [0.25, 0.3) is 0 Å². The summed E-state index contributed by atoms with van der Waals surface area (Å²) in [6.07, 6.45) is 6.91. The number of sulfonamides is 1. The summed E-state index contributed by atoms with van der Waals surface area (Å²) in [5.74, 6) is -0.857. The molecule has 43 heavy (non-hydrogen) atoms. The van der Waals surface area contributed by atoms with Crippen molar-refractivity contribution in [2.75, 3.05) is 17.1 Å². The number of nitrogens with one attached hydrogen (secondary N) is 1. The highest BCUT2D eigenvalue weighted by atomic mass is 32.2. The molecular formula is C34H42FN3O4S. The van der Waals surface area contributed by atoms with Crippen LogP contribution in [0.15, 0.2) is 78.9 Å². The third-order valence-corrected chi connectivity index (χ3v) is 9.12. The van der Waals surface area contributed by atoms with Crippen LogP contribution in [0.4, 0.5) is 10.1 Å². The first-order chi connectivity index (χ1) is 20.6. The number of rotatable bonds is 13. The first kappa shape index (κ1) is 32.2. The van der Waals surface area contributed by atoms with Crippen LogP contribution >= 0.6 is 0 Å². The van der Waals surface area contributed by atoms with Crippen molar-refractivity contribution in [3.05, 3.63) is 101 Å². The highest BCUT2D eigenvalue weighted by molar-refractivity contribution is 7.92. The van der Waals surface area contributed by atoms with Crippen molar-refractivity contribution in [1.29, 1.82) is 0 Å². The number of carbonyl (C=O) groups is 2. The van der Waals surface area contributed by atoms with Crippen molar-refractivity contribution in [3.63, 3.8) is 0 Å². The highest BCUT2D eigenvalue weighted by Crippen LogP contribution is 2.22. The number of benzene rings is 3. The van der Waals surface area contributed by atoms with Crippen LogP contribution in [0, 0.1) is 12.7 Å². The Morgan fingerprint density at radius 2 is 1.60 bits per heavy atom. The van der Waals surface area contributed by atoms with Crippen molar-refractivity contribution in [1.82, 2.24) is 10.2 Å². The van der Waals surface area contributed by atoms with Gasteiger partial charge in [0, 0.05) is 32.0 Å². The predicted molar refractivity (Wildman–Crippen MR) is 169 cm³/mol. The van der Waals surface area contributed by atoms with E-state index in [9.17, 15) is 22.4 Å². The minimum atomic E-state index is -3.67. The maximum absolute atomic E-state index is 14.0. The summed E-state index contributed by atoms with van der Waals surface area (Å²) in [4.78, 5) is 29.6. The van der Waals surface area contributed by atoms with E-state index >= 15 is 0 Å². The number of hydrogen-bond donors (Lipinski definition) is 1. The summed E-state index contributed by atoms with van der Waals surface area (Å²) < 4.78 is 39.8. The smallest absolute Gasteiger partial charge is 0.243 e. The lowest BCUT2D eigenvalue weighted by molar-refractivity contribution is -0.141. The molecule has 0 bridgehead atoms. The molecule has 1 atom stereocenters. The van der Waals surface area contributed by atoms with Gasteiger partial charge in [-0.15, -0.1) is 0 Å². The third-order valence-electron chi connectivity index (χ3n) is 7.92. The van der Waals surface area contributed by atoms with E-state index in [4.69, 9.17) is 0 Å². The fourth-order valence-electron chi connectivity index (χ4n) is 5.72. The fraction of sp³-hybridized carbons (Fsp3) is 0.412. The summed E-state index contributed by atoms with van der Waals surface area (Å²) in [6.45, 7) is 2.29. The number of amides is 2. The van der Waals surface area contributed by atoms with E-state index in [-0.39, 0.29) is 43.8 Å². The van der Waals surface area contributed by atoms with Crippen LogP contribution in [-0.2, 0) is 32.6 Å². The van der Waals surface area contributed by atoms with Gasteiger partial charge in [0.15, 0.2) is 0 Å². The molecule has 0 radical (unpaired) electrons. The minimum absolute atomic E-state index is 0.0427. The quantitative estimate of drug-likeness (QED) is 0.267. The Hall–Kier alpha value is -3.72. The molecule has 3 aromatic carbocycles. The number of aryl methyl sites for hydroxylation is 1. The molecule has 1 saturated carbocycles. The van der Waals surface area contributed by atoms with Gasteiger partial charge in [-0.25, -0.2) is 12.8 Å². The van der Waals surface area contributed by atoms with E-state index < -0.39 is 21.9 Å². The van der Waals surface area contributed by atoms with E-state index in [1.807, 2.05) is 61.5 Å². The Bertz CT molecular complexity index is 1460. The molecule has 1 aliphatic carbocycles. The maximum atomic E-state index is 14.0. The van der Waals surface area contributed by atoms with Gasteiger partial charge in [0.05, 0.1) is 11.9 Å². The molecule has 4 rings (SSSR count). The average Bonchev–Trinajstić information content (AvgIpc) is 2.98. The molecule has 0 aromatic heterocycles. The van der Waals surface area contributed by atoms with E-state index in [2.05, 4.69) is 5.32 Å². The van der Waals surface area contributed by atoms with Crippen LogP contribution in [0.2, 0.25) is 0 Å². The third kappa shape index (κ3) is 9.64. The monoisotopic (exact) mass is 607 g/mol. The first-order valence-electron chi connectivity index (χ1n) is 15.0. The second kappa shape index (κ2) is 15.1. The minimum Gasteiger partial charge on any atom is -0.352 e. The lowest BCUT2D eigenvalue weighted by atomic mass is 9.94. The second-order valence-electron chi connectivity index (χ2n) is 11.5. The van der Waals surface area contributed by atoms with Crippen LogP contribution in [0.3, 0.4) is 0 Å². The SMILES string of the molecule is Cc1cccc(CN(C(=O)CCCN(c2ccc(F)cc2)S(C)(=O)=O)C(Cc2ccccc2)C(=O)NC2CCCCC2)c1. The molecule has 1 N–H and O–H groups in total. The predicted octanol–water partition coefficient (Wildman–Crippen LogP) is 5.77. The highest BCUT2D eigenvalue weighted by Gasteiger charge is 2.32. The summed E-state index contributed by atoms with van der Waals surface area (Å²) in [7, 11) is -3.67. The van der Waals surface area contributed by atoms with E-state index in [0.717, 1.165) is 48.6 Å². The Balaban J connectivity index is 1.58. The Morgan fingerprint density at radius 3 is 2.26 bits per heavy atom. The lowest BCUT2D eigenvalue weighted by Gasteiger charge is -2.34. The van der Waals surface area contributed by atoms with Crippen LogP contribution < -0.4 is 9.62 Å². The Labute approximate surface area is 255 Å². The number of halogens is 1. The lowest BCUT2D eigenvalue weighted by Crippen LogP contribution is -2.53. The van der Waals surface area contributed by atoms with Crippen molar-refractivity contribution in [3.8, 4) is 0 Å². The molecule has 1 unspecified atom stereocenters. The molecule has 0 spiro atoms. The number of hydrogen-bond acceptors (Lipinski definition) is 4. The van der Waals surface area contributed by atoms with E-state index in [1.165, 1.54) is 35.0 Å². The molecule has 1 aliphatic rings. The topological polar surface area (TPSA) is 86.8 Å². The zero-order chi connectivity index (χ0) is 30.8. The summed E-state index contributed by atoms with van der Waals surface area (Å²) in [6, 6.07) is 22.2. The van der Waals surface area contributed by atoms with Gasteiger partial charge in [-0.2, -0.15) is 0 Å². The van der Waals surface area contributed by atoms with Gasteiger partial charge in [0.25, 0.3) is 0 Å². The van der Waals surface area contributed by atoms with Crippen LogP contribution in [0.5, 0.6) is 0 Å². The molecule has 7 nitrogen and oxygen atoms in total. The Morgan fingerprint density at radius 1 is 0.930 bits per heavy atom. The van der Waals surface area contributed by atoms with Gasteiger partial charge >= 0.3 is 0 Å². The van der Waals surface area contributed by atoms with Crippen LogP contribution in [0.1, 0.15) is 61.6 Å². The molecule has 230 valence electrons. The molecule has 1 fully saturated rings. The molecular weight excluding hydrogens is 565 g/mol. The first-order valence-corrected chi connectivity index (χ1v) is 16.9. The van der Waals surface area contributed by atoms with E-state index in [0.29, 0.717) is 12.1 Å². The maximum Gasteiger partial charge on any atom is 0.243 e. The van der Waals surface area contributed by atoms with Gasteiger partial charge in [0.2, 0.25) is 21.8 Å². The van der Waals surface area contributed by atoms with Crippen molar-refractivity contribution in [2.24, 2.45) is 0 Å². The zero-order valence-corrected chi connectivity index (χ0v) is 25.9. The van der Waals surface area contributed by atoms with Crippen molar-refractivity contribution in [2.45, 2.75) is 76.9 Å². The summed E-state index contributed by atoms with van der Waals surface area (Å²) in [5.41, 5.74) is 3.26. The largest absolute Gasteiger partial charge is 0.352 e. The second-order valence-corrected chi connectivity index (χ2v) is 13.4. The van der Waals surface area contributed by atoms with Crippen molar-refractivity contribution < 1.29 is 22.4 Å². The molecule has 0 heterocycles. The van der Waals surface area contributed by atoms with E-state index in [1.54, 1.807) is 4.90 Å². The fourth-order valence-corrected chi connectivity index (χ4v) is 6.68. The van der Waals surface area contributed by atoms with Gasteiger partial charge in [-0.1, -0.05) is 79.4 Å². The van der Waals surface area contributed by atoms with Gasteiger partial charge in [-0.05, 0) is 61.6 Å². The average molecular weight is 608 g/mol. The number of carbonyl (C=O) groups excluding carboxylic acids is 2. The summed E-state index contributed by atoms with van der Waals surface area (Å²) in [5, 5.41) is 3.24. The Kier molecular flexibility index (Phi) is 11.3. The molecule has 9 heteroatoms. The molecule has 0 aliphatic heterocycles. The number of nitrogens with zero attached hydrogens (tertiary/aromatic N) is 2. The summed E-state index contributed by atoms with van der Waals surface area (Å²) >= 11 is 0. The molecule has 0 saturated heterocycles. The zero-order valence-electron chi connectivity index (χ0n) is 25.0. The van der Waals surface area contributed by atoms with Gasteiger partial charge in [0.1, 0.15) is 11.9 Å². The normalized spacial score (nSPS) is 14.6. The standard InChI is InChI=1S/C34H42FN3O4S/c1-26-11-9-14-28(23-26)25-37(33(39)17-10-22-38(43(2,41)42)31-20-18-29(35)19-21-31)32(24-27-12-5-3-6-13-27)34(40)36-30-15-7-4-8-16-30/h3,5-6,9,11-14,18-21,23,30,32H,4,7-8,10,15-17,22,24-25H2,1-2H3,(H,36,40). The molecule has 2 amide bonds. The molecule has 3 aromatic rings. The van der Waals surface area contributed by atoms with Crippen LogP contribution in [-0.4, -0.2) is 50.0 Å². The van der Waals surface area contributed by atoms with Gasteiger partial charge in [-0.3, -0.25) is 13.9 Å².